The minimum Gasteiger partial charge on any atom is -0.349 e. The van der Waals surface area contributed by atoms with Gasteiger partial charge in [0.1, 0.15) is 0 Å². The molecule has 0 aliphatic rings. The molecule has 1 atom stereocenters. The third-order valence-electron chi connectivity index (χ3n) is 2.61. The lowest BCUT2D eigenvalue weighted by molar-refractivity contribution is -0.129. The summed E-state index contributed by atoms with van der Waals surface area (Å²) in [5.74, 6) is 0.0839. The van der Waals surface area contributed by atoms with Crippen molar-refractivity contribution < 1.29 is 4.79 Å². The predicted octanol–water partition coefficient (Wildman–Crippen LogP) is 3.22. The highest BCUT2D eigenvalue weighted by Gasteiger charge is 2.22. The lowest BCUT2D eigenvalue weighted by Gasteiger charge is -2.22. The van der Waals surface area contributed by atoms with Crippen molar-refractivity contribution in [1.29, 1.82) is 0 Å². The van der Waals surface area contributed by atoms with Gasteiger partial charge < -0.3 is 5.32 Å². The van der Waals surface area contributed by atoms with E-state index in [2.05, 4.69) is 36.5 Å². The fourth-order valence-corrected chi connectivity index (χ4v) is 1.35. The zero-order chi connectivity index (χ0) is 12.3. The van der Waals surface area contributed by atoms with Crippen LogP contribution in [-0.2, 0) is 4.79 Å². The van der Waals surface area contributed by atoms with Crippen molar-refractivity contribution in [1.82, 2.24) is 5.32 Å². The van der Waals surface area contributed by atoms with Crippen molar-refractivity contribution in [2.24, 2.45) is 5.41 Å². The topological polar surface area (TPSA) is 29.1 Å². The van der Waals surface area contributed by atoms with Crippen LogP contribution in [0.4, 0.5) is 0 Å². The molecule has 0 spiro atoms. The first kappa shape index (κ1) is 12.8. The highest BCUT2D eigenvalue weighted by molar-refractivity contribution is 5.81. The molecular weight excluding hydrogens is 198 g/mol. The van der Waals surface area contributed by atoms with Crippen LogP contribution in [0.3, 0.4) is 0 Å². The van der Waals surface area contributed by atoms with E-state index in [0.29, 0.717) is 0 Å². The first-order valence-corrected chi connectivity index (χ1v) is 5.68. The molecule has 1 aromatic carbocycles. The van der Waals surface area contributed by atoms with Gasteiger partial charge in [0, 0.05) is 5.41 Å². The number of carbonyl (C=O) groups is 1. The molecule has 1 amide bonds. The molecule has 0 aliphatic carbocycles. The second-order valence-corrected chi connectivity index (χ2v) is 5.36. The standard InChI is InChI=1S/C14H21NO/c1-10-6-8-12(9-7-10)11(2)15-13(16)14(3,4)5/h6-9,11H,1-5H3,(H,15,16)/t11-/m0/s1. The monoisotopic (exact) mass is 219 g/mol. The lowest BCUT2D eigenvalue weighted by Crippen LogP contribution is -2.36. The molecule has 0 aromatic heterocycles. The minimum atomic E-state index is -0.334. The van der Waals surface area contributed by atoms with Crippen molar-refractivity contribution in [2.45, 2.75) is 40.7 Å². The maximum Gasteiger partial charge on any atom is 0.225 e. The van der Waals surface area contributed by atoms with Gasteiger partial charge in [-0.3, -0.25) is 4.79 Å². The third-order valence-corrected chi connectivity index (χ3v) is 2.61. The Morgan fingerprint density at radius 1 is 1.19 bits per heavy atom. The Balaban J connectivity index is 2.69. The van der Waals surface area contributed by atoms with Crippen LogP contribution in [0.5, 0.6) is 0 Å². The fraction of sp³-hybridized carbons (Fsp3) is 0.500. The normalized spacial score (nSPS) is 13.3. The molecule has 0 aliphatic heterocycles. The van der Waals surface area contributed by atoms with Gasteiger partial charge in [-0.05, 0) is 19.4 Å². The lowest BCUT2D eigenvalue weighted by atomic mass is 9.94. The largest absolute Gasteiger partial charge is 0.349 e. The third kappa shape index (κ3) is 3.37. The van der Waals surface area contributed by atoms with Gasteiger partial charge in [-0.25, -0.2) is 0 Å². The average Bonchev–Trinajstić information content (AvgIpc) is 2.17. The summed E-state index contributed by atoms with van der Waals surface area (Å²) in [6.45, 7) is 9.83. The van der Waals surface area contributed by atoms with Gasteiger partial charge in [0.15, 0.2) is 0 Å². The van der Waals surface area contributed by atoms with Gasteiger partial charge in [-0.2, -0.15) is 0 Å². The molecule has 16 heavy (non-hydrogen) atoms. The van der Waals surface area contributed by atoms with E-state index < -0.39 is 0 Å². The van der Waals surface area contributed by atoms with Crippen molar-refractivity contribution in [2.75, 3.05) is 0 Å². The molecule has 0 heterocycles. The van der Waals surface area contributed by atoms with Crippen LogP contribution in [0.1, 0.15) is 44.9 Å². The zero-order valence-electron chi connectivity index (χ0n) is 10.8. The molecule has 0 radical (unpaired) electrons. The molecule has 1 rings (SSSR count). The highest BCUT2D eigenvalue weighted by atomic mass is 16.2. The van der Waals surface area contributed by atoms with Crippen molar-refractivity contribution >= 4 is 5.91 Å². The molecule has 0 saturated heterocycles. The van der Waals surface area contributed by atoms with Crippen LogP contribution in [0.25, 0.3) is 0 Å². The summed E-state index contributed by atoms with van der Waals surface area (Å²) in [5, 5.41) is 3.02. The van der Waals surface area contributed by atoms with Crippen molar-refractivity contribution in [3.05, 3.63) is 35.4 Å². The van der Waals surface area contributed by atoms with Gasteiger partial charge in [0.2, 0.25) is 5.91 Å². The summed E-state index contributed by atoms with van der Waals surface area (Å²) in [6, 6.07) is 8.31. The molecule has 1 aromatic rings. The Kier molecular flexibility index (Phi) is 3.74. The van der Waals surface area contributed by atoms with Crippen molar-refractivity contribution in [3.63, 3.8) is 0 Å². The number of benzene rings is 1. The Bertz CT molecular complexity index is 359. The first-order valence-electron chi connectivity index (χ1n) is 5.68. The van der Waals surface area contributed by atoms with Crippen LogP contribution in [0.2, 0.25) is 0 Å². The fourth-order valence-electron chi connectivity index (χ4n) is 1.35. The molecule has 1 N–H and O–H groups in total. The summed E-state index contributed by atoms with van der Waals surface area (Å²) in [7, 11) is 0. The summed E-state index contributed by atoms with van der Waals surface area (Å²) < 4.78 is 0. The van der Waals surface area contributed by atoms with E-state index in [-0.39, 0.29) is 17.4 Å². The Labute approximate surface area is 98.1 Å². The van der Waals surface area contributed by atoms with Crippen LogP contribution in [-0.4, -0.2) is 5.91 Å². The van der Waals surface area contributed by atoms with Gasteiger partial charge in [0.25, 0.3) is 0 Å². The number of hydrogen-bond donors (Lipinski definition) is 1. The van der Waals surface area contributed by atoms with E-state index in [1.165, 1.54) is 5.56 Å². The van der Waals surface area contributed by atoms with E-state index in [4.69, 9.17) is 0 Å². The summed E-state index contributed by atoms with van der Waals surface area (Å²) >= 11 is 0. The molecule has 0 bridgehead atoms. The van der Waals surface area contributed by atoms with Gasteiger partial charge in [-0.1, -0.05) is 50.6 Å². The zero-order valence-corrected chi connectivity index (χ0v) is 10.8. The average molecular weight is 219 g/mol. The number of amides is 1. The number of rotatable bonds is 2. The van der Waals surface area contributed by atoms with Crippen LogP contribution in [0, 0.1) is 12.3 Å². The molecule has 0 unspecified atom stereocenters. The smallest absolute Gasteiger partial charge is 0.225 e. The summed E-state index contributed by atoms with van der Waals surface area (Å²) in [4.78, 5) is 11.8. The minimum absolute atomic E-state index is 0.0623. The van der Waals surface area contributed by atoms with Crippen LogP contribution in [0.15, 0.2) is 24.3 Å². The van der Waals surface area contributed by atoms with E-state index in [9.17, 15) is 4.79 Å². The number of nitrogens with one attached hydrogen (secondary N) is 1. The van der Waals surface area contributed by atoms with E-state index in [0.717, 1.165) is 5.56 Å². The summed E-state index contributed by atoms with van der Waals surface area (Å²) in [6.07, 6.45) is 0. The number of hydrogen-bond acceptors (Lipinski definition) is 1. The van der Waals surface area contributed by atoms with Crippen molar-refractivity contribution in [3.8, 4) is 0 Å². The van der Waals surface area contributed by atoms with Crippen LogP contribution >= 0.6 is 0 Å². The van der Waals surface area contributed by atoms with Gasteiger partial charge in [-0.15, -0.1) is 0 Å². The number of aryl methyl sites for hydroxylation is 1. The first-order chi connectivity index (χ1) is 7.30. The summed E-state index contributed by atoms with van der Waals surface area (Å²) in [5.41, 5.74) is 2.04. The molecule has 0 saturated carbocycles. The van der Waals surface area contributed by atoms with Crippen LogP contribution < -0.4 is 5.32 Å². The van der Waals surface area contributed by atoms with E-state index in [1.54, 1.807) is 0 Å². The second kappa shape index (κ2) is 4.69. The molecular formula is C14H21NO. The van der Waals surface area contributed by atoms with Gasteiger partial charge in [0.05, 0.1) is 6.04 Å². The number of carbonyl (C=O) groups excluding carboxylic acids is 1. The Morgan fingerprint density at radius 3 is 2.12 bits per heavy atom. The SMILES string of the molecule is Cc1ccc([C@H](C)NC(=O)C(C)(C)C)cc1. The molecule has 0 fully saturated rings. The van der Waals surface area contributed by atoms with E-state index >= 15 is 0 Å². The second-order valence-electron chi connectivity index (χ2n) is 5.36. The predicted molar refractivity (Wildman–Crippen MR) is 67.2 cm³/mol. The molecule has 2 nitrogen and oxygen atoms in total. The quantitative estimate of drug-likeness (QED) is 0.813. The Morgan fingerprint density at radius 2 is 1.69 bits per heavy atom. The van der Waals surface area contributed by atoms with E-state index in [1.807, 2.05) is 27.7 Å². The maximum absolute atomic E-state index is 11.8. The highest BCUT2D eigenvalue weighted by Crippen LogP contribution is 2.18. The Hall–Kier alpha value is -1.31. The maximum atomic E-state index is 11.8. The van der Waals surface area contributed by atoms with Gasteiger partial charge >= 0.3 is 0 Å². The molecule has 2 heteroatoms. The molecule has 88 valence electrons.